The number of nitrogens with zero attached hydrogens (tertiary/aromatic N) is 4. The first-order valence-electron chi connectivity index (χ1n) is 7.43. The fourth-order valence-electron chi connectivity index (χ4n) is 2.31. The number of benzene rings is 1. The van der Waals surface area contributed by atoms with Gasteiger partial charge in [-0.3, -0.25) is 4.79 Å². The Hall–Kier alpha value is -3.79. The monoisotopic (exact) mass is 330 g/mol. The van der Waals surface area contributed by atoms with Crippen LogP contribution in [0.2, 0.25) is 0 Å². The molecule has 0 aliphatic rings. The number of hydrogen-bond acceptors (Lipinski definition) is 6. The standard InChI is InChI=1S/C18H14N6O/c1-11-2-3-13(7-15(11)14-9-22-18(20)23-10-14)17(25)24-16-6-12(8-19)4-5-21-16/h2-7,9-10H,1H3,(H2,20,22,23)(H,21,24,25). The number of carbonyl (C=O) groups excluding carboxylic acids is 1. The second-order valence-electron chi connectivity index (χ2n) is 5.36. The fourth-order valence-corrected chi connectivity index (χ4v) is 2.31. The largest absolute Gasteiger partial charge is 0.368 e. The Bertz CT molecular complexity index is 976. The molecule has 0 radical (unpaired) electrons. The number of pyridine rings is 1. The molecule has 1 amide bonds. The minimum atomic E-state index is -0.319. The minimum Gasteiger partial charge on any atom is -0.368 e. The molecule has 3 N–H and O–H groups in total. The highest BCUT2D eigenvalue weighted by atomic mass is 16.1. The zero-order valence-electron chi connectivity index (χ0n) is 13.4. The van der Waals surface area contributed by atoms with Gasteiger partial charge in [-0.05, 0) is 42.3 Å². The summed E-state index contributed by atoms with van der Waals surface area (Å²) in [4.78, 5) is 24.5. The number of carbonyl (C=O) groups is 1. The van der Waals surface area contributed by atoms with E-state index in [9.17, 15) is 4.79 Å². The lowest BCUT2D eigenvalue weighted by Crippen LogP contribution is -2.13. The number of nitriles is 1. The van der Waals surface area contributed by atoms with Crippen molar-refractivity contribution in [1.82, 2.24) is 15.0 Å². The number of amides is 1. The van der Waals surface area contributed by atoms with Gasteiger partial charge in [0.15, 0.2) is 0 Å². The van der Waals surface area contributed by atoms with Crippen LogP contribution in [0.3, 0.4) is 0 Å². The molecule has 122 valence electrons. The van der Waals surface area contributed by atoms with Crippen LogP contribution in [0, 0.1) is 18.3 Å². The lowest BCUT2D eigenvalue weighted by Gasteiger charge is -2.09. The number of rotatable bonds is 3. The quantitative estimate of drug-likeness (QED) is 0.762. The molecule has 3 rings (SSSR count). The maximum Gasteiger partial charge on any atom is 0.256 e. The van der Waals surface area contributed by atoms with Crippen molar-refractivity contribution in [3.63, 3.8) is 0 Å². The molecule has 0 saturated heterocycles. The van der Waals surface area contributed by atoms with Gasteiger partial charge >= 0.3 is 0 Å². The topological polar surface area (TPSA) is 118 Å². The molecule has 0 atom stereocenters. The molecular weight excluding hydrogens is 316 g/mol. The van der Waals surface area contributed by atoms with E-state index in [-0.39, 0.29) is 11.9 Å². The minimum absolute atomic E-state index is 0.193. The molecule has 25 heavy (non-hydrogen) atoms. The summed E-state index contributed by atoms with van der Waals surface area (Å²) in [5, 5.41) is 11.6. The van der Waals surface area contributed by atoms with Gasteiger partial charge in [0.1, 0.15) is 5.82 Å². The van der Waals surface area contributed by atoms with Crippen LogP contribution in [0.25, 0.3) is 11.1 Å². The van der Waals surface area contributed by atoms with Crippen LogP contribution in [0.5, 0.6) is 0 Å². The van der Waals surface area contributed by atoms with Gasteiger partial charge in [0.05, 0.1) is 11.6 Å². The summed E-state index contributed by atoms with van der Waals surface area (Å²) < 4.78 is 0. The van der Waals surface area contributed by atoms with E-state index in [1.54, 1.807) is 30.6 Å². The third-order valence-electron chi connectivity index (χ3n) is 3.61. The lowest BCUT2D eigenvalue weighted by atomic mass is 10.00. The molecule has 1 aromatic carbocycles. The van der Waals surface area contributed by atoms with Crippen molar-refractivity contribution in [2.45, 2.75) is 6.92 Å². The molecule has 0 spiro atoms. The summed E-state index contributed by atoms with van der Waals surface area (Å²) in [5.41, 5.74) is 8.99. The Morgan fingerprint density at radius 1 is 1.16 bits per heavy atom. The smallest absolute Gasteiger partial charge is 0.256 e. The highest BCUT2D eigenvalue weighted by Crippen LogP contribution is 2.24. The van der Waals surface area contributed by atoms with Gasteiger partial charge in [-0.25, -0.2) is 15.0 Å². The third kappa shape index (κ3) is 3.59. The molecule has 7 nitrogen and oxygen atoms in total. The summed E-state index contributed by atoms with van der Waals surface area (Å²) in [6.45, 7) is 1.94. The number of aryl methyl sites for hydroxylation is 1. The SMILES string of the molecule is Cc1ccc(C(=O)Nc2cc(C#N)ccn2)cc1-c1cnc(N)nc1. The van der Waals surface area contributed by atoms with E-state index in [1.165, 1.54) is 12.3 Å². The maximum atomic E-state index is 12.5. The first kappa shape index (κ1) is 16.1. The zero-order valence-corrected chi connectivity index (χ0v) is 13.4. The summed E-state index contributed by atoms with van der Waals surface area (Å²) >= 11 is 0. The van der Waals surface area contributed by atoms with Crippen LogP contribution in [-0.2, 0) is 0 Å². The van der Waals surface area contributed by atoms with Crippen molar-refractivity contribution in [3.8, 4) is 17.2 Å². The first-order chi connectivity index (χ1) is 12.1. The number of nitrogens with two attached hydrogens (primary N) is 1. The molecule has 0 aliphatic carbocycles. The van der Waals surface area contributed by atoms with Crippen molar-refractivity contribution in [1.29, 1.82) is 5.26 Å². The van der Waals surface area contributed by atoms with Gasteiger partial charge in [-0.1, -0.05) is 6.07 Å². The predicted octanol–water partition coefficient (Wildman–Crippen LogP) is 2.55. The van der Waals surface area contributed by atoms with Gasteiger partial charge in [-0.2, -0.15) is 5.26 Å². The third-order valence-corrected chi connectivity index (χ3v) is 3.61. The van der Waals surface area contributed by atoms with E-state index in [4.69, 9.17) is 11.0 Å². The van der Waals surface area contributed by atoms with Crippen molar-refractivity contribution in [2.75, 3.05) is 11.1 Å². The van der Waals surface area contributed by atoms with E-state index >= 15 is 0 Å². The van der Waals surface area contributed by atoms with Crippen molar-refractivity contribution in [3.05, 3.63) is 65.6 Å². The number of nitrogen functional groups attached to an aromatic ring is 1. The highest BCUT2D eigenvalue weighted by molar-refractivity contribution is 6.04. The summed E-state index contributed by atoms with van der Waals surface area (Å²) in [7, 11) is 0. The van der Waals surface area contributed by atoms with Crippen LogP contribution in [0.4, 0.5) is 11.8 Å². The number of anilines is 2. The van der Waals surface area contributed by atoms with E-state index < -0.39 is 0 Å². The van der Waals surface area contributed by atoms with Crippen LogP contribution in [0.15, 0.2) is 48.9 Å². The Labute approximate surface area is 144 Å². The first-order valence-corrected chi connectivity index (χ1v) is 7.43. The van der Waals surface area contributed by atoms with E-state index in [0.717, 1.165) is 16.7 Å². The normalized spacial score (nSPS) is 10.1. The van der Waals surface area contributed by atoms with Crippen molar-refractivity contribution in [2.24, 2.45) is 0 Å². The van der Waals surface area contributed by atoms with Crippen molar-refractivity contribution < 1.29 is 4.79 Å². The van der Waals surface area contributed by atoms with Crippen LogP contribution in [-0.4, -0.2) is 20.9 Å². The molecule has 7 heteroatoms. The zero-order chi connectivity index (χ0) is 17.8. The average Bonchev–Trinajstić information content (AvgIpc) is 2.63. The molecule has 2 aromatic heterocycles. The second kappa shape index (κ2) is 6.76. The van der Waals surface area contributed by atoms with Crippen LogP contribution in [0.1, 0.15) is 21.5 Å². The highest BCUT2D eigenvalue weighted by Gasteiger charge is 2.11. The Morgan fingerprint density at radius 3 is 2.64 bits per heavy atom. The van der Waals surface area contributed by atoms with Crippen molar-refractivity contribution >= 4 is 17.7 Å². The van der Waals surface area contributed by atoms with E-state index in [1.807, 2.05) is 19.1 Å². The summed E-state index contributed by atoms with van der Waals surface area (Å²) in [6, 6.07) is 10.4. The predicted molar refractivity (Wildman–Crippen MR) is 93.5 cm³/mol. The van der Waals surface area contributed by atoms with Gasteiger partial charge in [0.2, 0.25) is 5.95 Å². The summed E-state index contributed by atoms with van der Waals surface area (Å²) in [6.07, 6.45) is 4.70. The molecule has 2 heterocycles. The molecule has 3 aromatic rings. The van der Waals surface area contributed by atoms with Gasteiger partial charge in [-0.15, -0.1) is 0 Å². The fraction of sp³-hybridized carbons (Fsp3) is 0.0556. The molecule has 0 fully saturated rings. The summed E-state index contributed by atoms with van der Waals surface area (Å²) in [5.74, 6) is 0.195. The van der Waals surface area contributed by atoms with Gasteiger partial charge < -0.3 is 11.1 Å². The molecule has 0 bridgehead atoms. The Balaban J connectivity index is 1.89. The van der Waals surface area contributed by atoms with E-state index in [2.05, 4.69) is 20.3 Å². The number of nitrogens with one attached hydrogen (secondary N) is 1. The average molecular weight is 330 g/mol. The second-order valence-corrected chi connectivity index (χ2v) is 5.36. The Kier molecular flexibility index (Phi) is 4.35. The molecular formula is C18H14N6O. The van der Waals surface area contributed by atoms with Crippen LogP contribution < -0.4 is 11.1 Å². The lowest BCUT2D eigenvalue weighted by molar-refractivity contribution is 0.102. The van der Waals surface area contributed by atoms with Gasteiger partial charge in [0.25, 0.3) is 5.91 Å². The Morgan fingerprint density at radius 2 is 1.92 bits per heavy atom. The van der Waals surface area contributed by atoms with E-state index in [0.29, 0.717) is 16.9 Å². The number of hydrogen-bond donors (Lipinski definition) is 2. The molecule has 0 unspecified atom stereocenters. The van der Waals surface area contributed by atoms with Gasteiger partial charge in [0, 0.05) is 29.7 Å². The molecule has 0 saturated carbocycles. The maximum absolute atomic E-state index is 12.5. The van der Waals surface area contributed by atoms with Crippen LogP contribution >= 0.6 is 0 Å². The number of aromatic nitrogens is 3. The molecule has 0 aliphatic heterocycles.